The van der Waals surface area contributed by atoms with Gasteiger partial charge in [0.15, 0.2) is 24.7 Å². The highest BCUT2D eigenvalue weighted by Gasteiger charge is 2.47. The fraction of sp³-hybridized carbons (Fsp3) is 0.857. The number of ether oxygens (including phenoxy) is 9. The van der Waals surface area contributed by atoms with Crippen LogP contribution in [0.25, 0.3) is 0 Å². The van der Waals surface area contributed by atoms with Gasteiger partial charge in [0.2, 0.25) is 0 Å². The van der Waals surface area contributed by atoms with Crippen molar-refractivity contribution in [1.82, 2.24) is 5.32 Å². The van der Waals surface area contributed by atoms with E-state index in [1.165, 1.54) is 20.3 Å². The number of likely N-dealkylation sites (N-methyl/N-ethyl adjacent to an activating group) is 1. The van der Waals surface area contributed by atoms with Crippen LogP contribution in [0, 0.1) is 23.7 Å². The fourth-order valence-electron chi connectivity index (χ4n) is 8.19. The molecule has 3 rings (SSSR count). The number of carbonyl (C=O) groups is 2. The number of allylic oxidation sites excluding steroid dienone is 3. The summed E-state index contributed by atoms with van der Waals surface area (Å²) in [7, 11) is 4.57. The molecule has 16 heteroatoms. The lowest BCUT2D eigenvalue weighted by Crippen LogP contribution is -2.63. The monoisotopic (exact) mass is 831 g/mol. The molecule has 16 nitrogen and oxygen atoms in total. The molecule has 336 valence electrons. The Morgan fingerprint density at radius 3 is 2.05 bits per heavy atom. The molecule has 5 N–H and O–H groups in total. The Morgan fingerprint density at radius 2 is 1.47 bits per heavy atom. The summed E-state index contributed by atoms with van der Waals surface area (Å²) >= 11 is 0. The molecule has 0 amide bonds. The first-order chi connectivity index (χ1) is 27.5. The predicted octanol–water partition coefficient (Wildman–Crippen LogP) is 2.42. The molecule has 3 aliphatic heterocycles. The van der Waals surface area contributed by atoms with E-state index in [9.17, 15) is 30.0 Å². The van der Waals surface area contributed by atoms with E-state index in [-0.39, 0.29) is 31.7 Å². The number of hydrogen-bond donors (Lipinski definition) is 5. The van der Waals surface area contributed by atoms with Crippen LogP contribution < -0.4 is 5.32 Å². The van der Waals surface area contributed by atoms with Gasteiger partial charge in [0.05, 0.1) is 49.6 Å². The van der Waals surface area contributed by atoms with Crippen molar-refractivity contribution in [2.75, 3.05) is 41.1 Å². The van der Waals surface area contributed by atoms with Crippen LogP contribution in [0.2, 0.25) is 0 Å². The molecule has 3 aliphatic rings. The molecular formula is C42H73NO15. The van der Waals surface area contributed by atoms with E-state index in [1.807, 2.05) is 40.7 Å². The lowest BCUT2D eigenvalue weighted by Gasteiger charge is -2.45. The summed E-state index contributed by atoms with van der Waals surface area (Å²) in [6.07, 6.45) is -6.10. The zero-order valence-electron chi connectivity index (χ0n) is 36.4. The van der Waals surface area contributed by atoms with Crippen LogP contribution >= 0.6 is 0 Å². The average molecular weight is 832 g/mol. The van der Waals surface area contributed by atoms with E-state index >= 15 is 0 Å². The van der Waals surface area contributed by atoms with Gasteiger partial charge < -0.3 is 68.4 Å². The van der Waals surface area contributed by atoms with Gasteiger partial charge in [-0.25, -0.2) is 0 Å². The van der Waals surface area contributed by atoms with Gasteiger partial charge in [0, 0.05) is 51.6 Å². The van der Waals surface area contributed by atoms with Crippen LogP contribution in [-0.4, -0.2) is 159 Å². The maximum Gasteiger partial charge on any atom is 0.308 e. The molecule has 17 atom stereocenters. The molecular weight excluding hydrogens is 758 g/mol. The molecule has 0 spiro atoms. The maximum atomic E-state index is 13.8. The summed E-state index contributed by atoms with van der Waals surface area (Å²) in [5, 5.41) is 47.5. The van der Waals surface area contributed by atoms with Gasteiger partial charge in [-0.2, -0.15) is 0 Å². The average Bonchev–Trinajstić information content (AvgIpc) is 3.18. The number of methoxy groups -OCH3 is 2. The lowest BCUT2D eigenvalue weighted by atomic mass is 9.79. The van der Waals surface area contributed by atoms with Crippen LogP contribution in [0.1, 0.15) is 81.1 Å². The Morgan fingerprint density at radius 1 is 0.845 bits per heavy atom. The van der Waals surface area contributed by atoms with Gasteiger partial charge in [-0.15, -0.1) is 0 Å². The summed E-state index contributed by atoms with van der Waals surface area (Å²) in [6, 6.07) is -0.778. The third kappa shape index (κ3) is 13.6. The smallest absolute Gasteiger partial charge is 0.308 e. The van der Waals surface area contributed by atoms with Crippen molar-refractivity contribution < 1.29 is 72.6 Å². The van der Waals surface area contributed by atoms with E-state index < -0.39 is 116 Å². The van der Waals surface area contributed by atoms with E-state index in [0.717, 1.165) is 5.57 Å². The second-order valence-electron chi connectivity index (χ2n) is 15.9. The normalized spacial score (nSPS) is 41.5. The molecule has 3 heterocycles. The molecule has 2 saturated heterocycles. The van der Waals surface area contributed by atoms with Crippen molar-refractivity contribution >= 4 is 11.8 Å². The van der Waals surface area contributed by atoms with E-state index in [4.69, 9.17) is 42.6 Å². The number of rotatable bonds is 15. The van der Waals surface area contributed by atoms with E-state index in [0.29, 0.717) is 19.6 Å². The van der Waals surface area contributed by atoms with Crippen molar-refractivity contribution in [3.8, 4) is 0 Å². The SMILES string of the molecule is CCOC(C[C@H]1C[C@@H](C)C(=O)/C=C/C(C)=C/[C@H](COC2O[C@H](C)[C@@H](O)[C@@H](OC)[C@H]2OC)[C@@H](CC)OC(=O)C[C@@H](O)[C@H](C)[C@H]1O[C@@H]1O[C@H](C)[C@@H](O)[C@H](NC)[C@H]1O)OCC. The number of aliphatic hydroxyl groups excluding tert-OH is 4. The zero-order chi connectivity index (χ0) is 43.3. The standard InChI is InChI=1S/C42H73NO15/c1-12-31-28(21-54-42-40(51-11)39(50-10)36(48)26(8)56-42)17-22(4)15-16-29(44)23(5)18-27(19-33(52-13-2)53-14-3)38(24(6)30(45)20-32(46)57-31)58-41-37(49)34(43-9)35(47)25(7)55-41/h15-17,23-28,30-31,33-43,45,47-49H,12-14,18-21H2,1-11H3/b16-15+,22-17+/t23-,24+,25-,26-,27-,28-,30-,31-,34+,35-,36-,37-,38-,39-,40-,41+,42?/m1/s1. The van der Waals surface area contributed by atoms with Crippen molar-refractivity contribution in [3.05, 3.63) is 23.8 Å². The minimum absolute atomic E-state index is 0.0208. The fourth-order valence-corrected chi connectivity index (χ4v) is 8.19. The lowest BCUT2D eigenvalue weighted by molar-refractivity contribution is -0.304. The van der Waals surface area contributed by atoms with E-state index in [1.54, 1.807) is 33.9 Å². The molecule has 58 heavy (non-hydrogen) atoms. The summed E-state index contributed by atoms with van der Waals surface area (Å²) in [4.78, 5) is 27.6. The van der Waals surface area contributed by atoms with Crippen molar-refractivity contribution in [1.29, 1.82) is 0 Å². The Hall–Kier alpha value is -1.90. The van der Waals surface area contributed by atoms with Crippen molar-refractivity contribution in [3.63, 3.8) is 0 Å². The number of ketones is 1. The molecule has 2 fully saturated rings. The molecule has 0 aliphatic carbocycles. The third-order valence-corrected chi connectivity index (χ3v) is 11.7. The van der Waals surface area contributed by atoms with Crippen molar-refractivity contribution in [2.24, 2.45) is 23.7 Å². The summed E-state index contributed by atoms with van der Waals surface area (Å²) < 4.78 is 54.0. The van der Waals surface area contributed by atoms with Gasteiger partial charge in [0.1, 0.15) is 30.5 Å². The molecule has 1 unspecified atom stereocenters. The first kappa shape index (κ1) is 50.5. The highest BCUT2D eigenvalue weighted by molar-refractivity contribution is 5.91. The predicted molar refractivity (Wildman–Crippen MR) is 212 cm³/mol. The third-order valence-electron chi connectivity index (χ3n) is 11.7. The molecule has 0 aromatic rings. The first-order valence-corrected chi connectivity index (χ1v) is 20.9. The minimum Gasteiger partial charge on any atom is -0.462 e. The number of aliphatic hydroxyl groups is 4. The Balaban J connectivity index is 2.03. The molecule has 0 aromatic heterocycles. The van der Waals surface area contributed by atoms with Gasteiger partial charge in [-0.3, -0.25) is 9.59 Å². The minimum atomic E-state index is -1.30. The maximum absolute atomic E-state index is 13.8. The summed E-state index contributed by atoms with van der Waals surface area (Å²) in [6.45, 7) is 15.1. The topological polar surface area (TPSA) is 210 Å². The van der Waals surface area contributed by atoms with Crippen LogP contribution in [-0.2, 0) is 52.2 Å². The quantitative estimate of drug-likeness (QED) is 0.119. The highest BCUT2D eigenvalue weighted by atomic mass is 16.7. The Bertz CT molecular complexity index is 1290. The second-order valence-corrected chi connectivity index (χ2v) is 15.9. The number of nitrogens with one attached hydrogen (secondary N) is 1. The van der Waals surface area contributed by atoms with E-state index in [2.05, 4.69) is 5.32 Å². The largest absolute Gasteiger partial charge is 0.462 e. The van der Waals surface area contributed by atoms with Gasteiger partial charge >= 0.3 is 5.97 Å². The molecule has 0 saturated carbocycles. The number of carbonyl (C=O) groups excluding carboxylic acids is 2. The second kappa shape index (κ2) is 24.5. The molecule has 0 radical (unpaired) electrons. The van der Waals surface area contributed by atoms with Crippen LogP contribution in [0.4, 0.5) is 0 Å². The Labute approximate surface area is 344 Å². The van der Waals surface area contributed by atoms with Gasteiger partial charge in [-0.05, 0) is 66.5 Å². The van der Waals surface area contributed by atoms with Crippen molar-refractivity contribution in [2.45, 2.75) is 167 Å². The van der Waals surface area contributed by atoms with Crippen LogP contribution in [0.3, 0.4) is 0 Å². The van der Waals surface area contributed by atoms with Crippen LogP contribution in [0.15, 0.2) is 23.8 Å². The number of esters is 1. The first-order valence-electron chi connectivity index (χ1n) is 20.9. The number of hydrogen-bond acceptors (Lipinski definition) is 16. The van der Waals surface area contributed by atoms with Gasteiger partial charge in [-0.1, -0.05) is 38.5 Å². The van der Waals surface area contributed by atoms with Gasteiger partial charge in [0.25, 0.3) is 0 Å². The molecule has 0 bridgehead atoms. The Kier molecular flexibility index (Phi) is 21.3. The van der Waals surface area contributed by atoms with Crippen LogP contribution in [0.5, 0.6) is 0 Å². The highest BCUT2D eigenvalue weighted by Crippen LogP contribution is 2.36. The molecule has 0 aromatic carbocycles. The zero-order valence-corrected chi connectivity index (χ0v) is 36.4. The summed E-state index contributed by atoms with van der Waals surface area (Å²) in [5.41, 5.74) is 0.722. The summed E-state index contributed by atoms with van der Waals surface area (Å²) in [5.74, 6) is -3.11. The number of cyclic esters (lactones) is 1.